The molecule has 3 aromatic rings. The molecule has 29 heavy (non-hydrogen) atoms. The maximum absolute atomic E-state index is 12.4. The Morgan fingerprint density at radius 3 is 2.14 bits per heavy atom. The third-order valence-electron chi connectivity index (χ3n) is 4.23. The molecule has 1 amide bonds. The van der Waals surface area contributed by atoms with E-state index in [1.807, 2.05) is 31.2 Å². The summed E-state index contributed by atoms with van der Waals surface area (Å²) < 4.78 is 16.0. The van der Waals surface area contributed by atoms with E-state index < -0.39 is 0 Å². The second kappa shape index (κ2) is 8.92. The van der Waals surface area contributed by atoms with Crippen LogP contribution < -0.4 is 24.8 Å². The third kappa shape index (κ3) is 4.55. The van der Waals surface area contributed by atoms with Crippen molar-refractivity contribution < 1.29 is 19.0 Å². The molecule has 1 aromatic heterocycles. The summed E-state index contributed by atoms with van der Waals surface area (Å²) in [5.74, 6) is 1.65. The van der Waals surface area contributed by atoms with Crippen molar-refractivity contribution in [3.8, 4) is 17.2 Å². The van der Waals surface area contributed by atoms with Crippen molar-refractivity contribution in [3.63, 3.8) is 0 Å². The summed E-state index contributed by atoms with van der Waals surface area (Å²) in [5, 5.41) is 14.0. The summed E-state index contributed by atoms with van der Waals surface area (Å²) in [6, 6.07) is 14.3. The van der Waals surface area contributed by atoms with Gasteiger partial charge < -0.3 is 24.8 Å². The molecule has 3 rings (SSSR count). The van der Waals surface area contributed by atoms with Gasteiger partial charge in [-0.3, -0.25) is 4.79 Å². The minimum absolute atomic E-state index is 0.212. The van der Waals surface area contributed by atoms with Gasteiger partial charge in [-0.15, -0.1) is 10.2 Å². The van der Waals surface area contributed by atoms with Gasteiger partial charge in [-0.1, -0.05) is 18.2 Å². The van der Waals surface area contributed by atoms with E-state index in [9.17, 15) is 4.79 Å². The molecule has 8 heteroatoms. The second-order valence-electron chi connectivity index (χ2n) is 6.11. The van der Waals surface area contributed by atoms with Gasteiger partial charge in [0.15, 0.2) is 23.0 Å². The third-order valence-corrected chi connectivity index (χ3v) is 4.23. The van der Waals surface area contributed by atoms with Gasteiger partial charge in [0.1, 0.15) is 0 Å². The van der Waals surface area contributed by atoms with Crippen LogP contribution in [0.25, 0.3) is 0 Å². The van der Waals surface area contributed by atoms with Crippen molar-refractivity contribution >= 4 is 23.1 Å². The maximum atomic E-state index is 12.4. The Hall–Kier alpha value is -3.81. The number of aromatic nitrogens is 2. The van der Waals surface area contributed by atoms with E-state index in [4.69, 9.17) is 14.2 Å². The smallest absolute Gasteiger partial charge is 0.276 e. The molecule has 0 radical (unpaired) electrons. The number of hydrogen-bond donors (Lipinski definition) is 2. The zero-order valence-electron chi connectivity index (χ0n) is 16.6. The number of carbonyl (C=O) groups is 1. The summed E-state index contributed by atoms with van der Waals surface area (Å²) in [6.45, 7) is 1.92. The van der Waals surface area contributed by atoms with E-state index in [-0.39, 0.29) is 11.6 Å². The molecule has 2 N–H and O–H groups in total. The lowest BCUT2D eigenvalue weighted by Crippen LogP contribution is -2.15. The first-order chi connectivity index (χ1) is 14.0. The molecule has 0 bridgehead atoms. The largest absolute Gasteiger partial charge is 0.493 e. The fourth-order valence-corrected chi connectivity index (χ4v) is 2.72. The van der Waals surface area contributed by atoms with Crippen molar-refractivity contribution in [1.29, 1.82) is 0 Å². The summed E-state index contributed by atoms with van der Waals surface area (Å²) in [5.41, 5.74) is 2.59. The number of amides is 1. The molecule has 0 saturated carbocycles. The number of rotatable bonds is 7. The van der Waals surface area contributed by atoms with Gasteiger partial charge in [-0.25, -0.2) is 0 Å². The van der Waals surface area contributed by atoms with Crippen LogP contribution in [0.2, 0.25) is 0 Å². The van der Waals surface area contributed by atoms with E-state index in [0.717, 1.165) is 11.3 Å². The minimum atomic E-state index is -0.328. The number of hydrogen-bond acceptors (Lipinski definition) is 7. The average Bonchev–Trinajstić information content (AvgIpc) is 2.75. The molecule has 0 aliphatic heterocycles. The fourth-order valence-electron chi connectivity index (χ4n) is 2.72. The van der Waals surface area contributed by atoms with E-state index in [1.165, 1.54) is 0 Å². The molecule has 2 aromatic carbocycles. The molecule has 0 spiro atoms. The first kappa shape index (κ1) is 19.9. The highest BCUT2D eigenvalue weighted by molar-refractivity contribution is 6.03. The van der Waals surface area contributed by atoms with E-state index >= 15 is 0 Å². The van der Waals surface area contributed by atoms with Crippen molar-refractivity contribution in [2.45, 2.75) is 6.92 Å². The molecular weight excluding hydrogens is 372 g/mol. The molecule has 0 unspecified atom stereocenters. The van der Waals surface area contributed by atoms with Crippen LogP contribution in [0.15, 0.2) is 48.5 Å². The number of benzene rings is 2. The maximum Gasteiger partial charge on any atom is 0.276 e. The van der Waals surface area contributed by atoms with Crippen LogP contribution in [0.4, 0.5) is 17.2 Å². The molecule has 0 aliphatic carbocycles. The number of aryl methyl sites for hydroxylation is 1. The highest BCUT2D eigenvalue weighted by Crippen LogP contribution is 2.40. The Balaban J connectivity index is 1.75. The van der Waals surface area contributed by atoms with Crippen LogP contribution in [-0.4, -0.2) is 37.4 Å². The second-order valence-corrected chi connectivity index (χ2v) is 6.11. The predicted octanol–water partition coefficient (Wildman–Crippen LogP) is 3.81. The van der Waals surface area contributed by atoms with Gasteiger partial charge >= 0.3 is 0 Å². The molecule has 1 heterocycles. The van der Waals surface area contributed by atoms with Crippen LogP contribution in [0.3, 0.4) is 0 Å². The first-order valence-electron chi connectivity index (χ1n) is 8.83. The van der Waals surface area contributed by atoms with Crippen LogP contribution in [0.1, 0.15) is 16.1 Å². The molecular formula is C21H22N4O4. The Morgan fingerprint density at radius 2 is 1.59 bits per heavy atom. The van der Waals surface area contributed by atoms with Crippen molar-refractivity contribution in [1.82, 2.24) is 10.2 Å². The van der Waals surface area contributed by atoms with Gasteiger partial charge in [-0.2, -0.15) is 0 Å². The SMILES string of the molecule is COc1cc(Nc2ccc(C(=O)Nc3ccccc3C)nn2)cc(OC)c1OC. The van der Waals surface area contributed by atoms with E-state index in [2.05, 4.69) is 20.8 Å². The number of para-hydroxylation sites is 1. The lowest BCUT2D eigenvalue weighted by Gasteiger charge is -2.14. The first-order valence-corrected chi connectivity index (χ1v) is 8.83. The Bertz CT molecular complexity index is 981. The lowest BCUT2D eigenvalue weighted by molar-refractivity contribution is 0.102. The summed E-state index contributed by atoms with van der Waals surface area (Å²) in [7, 11) is 4.63. The van der Waals surface area contributed by atoms with E-state index in [1.54, 1.807) is 45.6 Å². The minimum Gasteiger partial charge on any atom is -0.493 e. The molecule has 150 valence electrons. The summed E-state index contributed by atoms with van der Waals surface area (Å²) in [6.07, 6.45) is 0. The molecule has 0 fully saturated rings. The zero-order chi connectivity index (χ0) is 20.8. The normalized spacial score (nSPS) is 10.2. The van der Waals surface area contributed by atoms with Crippen molar-refractivity contribution in [2.75, 3.05) is 32.0 Å². The van der Waals surface area contributed by atoms with Gasteiger partial charge in [0.2, 0.25) is 5.75 Å². The standard InChI is InChI=1S/C21H22N4O4/c1-13-7-5-6-8-15(13)23-21(26)16-9-10-19(25-24-16)22-14-11-17(27-2)20(29-4)18(12-14)28-3/h5-12H,1-4H3,(H,22,25)(H,23,26). The summed E-state index contributed by atoms with van der Waals surface area (Å²) in [4.78, 5) is 12.4. The van der Waals surface area contributed by atoms with E-state index in [0.29, 0.717) is 28.8 Å². The molecule has 8 nitrogen and oxygen atoms in total. The molecule has 0 saturated heterocycles. The Labute approximate surface area is 168 Å². The zero-order valence-corrected chi connectivity index (χ0v) is 16.6. The van der Waals surface area contributed by atoms with Crippen LogP contribution in [0.5, 0.6) is 17.2 Å². The van der Waals surface area contributed by atoms with Crippen LogP contribution >= 0.6 is 0 Å². The Morgan fingerprint density at radius 1 is 0.897 bits per heavy atom. The highest BCUT2D eigenvalue weighted by Gasteiger charge is 2.14. The molecule has 0 atom stereocenters. The topological polar surface area (TPSA) is 94.6 Å². The number of methoxy groups -OCH3 is 3. The number of nitrogens with zero attached hydrogens (tertiary/aromatic N) is 2. The van der Waals surface area contributed by atoms with Crippen molar-refractivity contribution in [3.05, 3.63) is 59.8 Å². The molecule has 0 aliphatic rings. The summed E-state index contributed by atoms with van der Waals surface area (Å²) >= 11 is 0. The lowest BCUT2D eigenvalue weighted by atomic mass is 10.2. The van der Waals surface area contributed by atoms with Crippen LogP contribution in [0, 0.1) is 6.92 Å². The fraction of sp³-hybridized carbons (Fsp3) is 0.190. The Kier molecular flexibility index (Phi) is 6.13. The van der Waals surface area contributed by atoms with Crippen LogP contribution in [-0.2, 0) is 0 Å². The average molecular weight is 394 g/mol. The number of anilines is 3. The number of nitrogens with one attached hydrogen (secondary N) is 2. The van der Waals surface area contributed by atoms with Gasteiger partial charge in [0, 0.05) is 23.5 Å². The van der Waals surface area contributed by atoms with Gasteiger partial charge in [0.05, 0.1) is 21.3 Å². The predicted molar refractivity (Wildman–Crippen MR) is 111 cm³/mol. The monoisotopic (exact) mass is 394 g/mol. The van der Waals surface area contributed by atoms with Crippen molar-refractivity contribution in [2.24, 2.45) is 0 Å². The highest BCUT2D eigenvalue weighted by atomic mass is 16.5. The van der Waals surface area contributed by atoms with Gasteiger partial charge in [-0.05, 0) is 30.7 Å². The number of carbonyl (C=O) groups excluding carboxylic acids is 1. The quantitative estimate of drug-likeness (QED) is 0.629. The number of ether oxygens (including phenoxy) is 3. The van der Waals surface area contributed by atoms with Gasteiger partial charge in [0.25, 0.3) is 5.91 Å².